The molecule has 16 heavy (non-hydrogen) atoms. The first-order valence-electron chi connectivity index (χ1n) is 5.43. The highest BCUT2D eigenvalue weighted by molar-refractivity contribution is 5.76. The van der Waals surface area contributed by atoms with Crippen LogP contribution in [-0.4, -0.2) is 25.0 Å². The van der Waals surface area contributed by atoms with Crippen LogP contribution < -0.4 is 5.32 Å². The van der Waals surface area contributed by atoms with E-state index >= 15 is 0 Å². The molecule has 1 aliphatic carbocycles. The second kappa shape index (κ2) is 6.82. The molecule has 4 nitrogen and oxygen atoms in total. The zero-order chi connectivity index (χ0) is 11.8. The molecular weight excluding hydrogens is 206 g/mol. The lowest BCUT2D eigenvalue weighted by Gasteiger charge is -2.10. The highest BCUT2D eigenvalue weighted by Crippen LogP contribution is 2.11. The molecule has 1 aliphatic rings. The fourth-order valence-electron chi connectivity index (χ4n) is 1.32. The number of hydrogen-bond donors (Lipinski definition) is 1. The van der Waals surface area contributed by atoms with Crippen LogP contribution in [0.25, 0.3) is 0 Å². The molecule has 4 heteroatoms. The number of nitrogens with one attached hydrogen (secondary N) is 1. The lowest BCUT2D eigenvalue weighted by Crippen LogP contribution is -2.27. The van der Waals surface area contributed by atoms with E-state index < -0.39 is 6.09 Å². The minimum absolute atomic E-state index is 0.0560. The van der Waals surface area contributed by atoms with Crippen molar-refractivity contribution in [2.45, 2.75) is 26.2 Å². The zero-order valence-electron chi connectivity index (χ0n) is 9.49. The van der Waals surface area contributed by atoms with Crippen LogP contribution in [0.5, 0.6) is 0 Å². The molecule has 0 aromatic rings. The van der Waals surface area contributed by atoms with Crippen LogP contribution in [0.4, 0.5) is 4.79 Å². The molecule has 0 aromatic heterocycles. The summed E-state index contributed by atoms with van der Waals surface area (Å²) in [6.45, 7) is 2.16. The Hall–Kier alpha value is -1.58. The Balaban J connectivity index is 2.12. The highest BCUT2D eigenvalue weighted by atomic mass is 16.5. The van der Waals surface area contributed by atoms with Crippen LogP contribution in [0.2, 0.25) is 0 Å². The number of hydrogen-bond acceptors (Lipinski definition) is 3. The summed E-state index contributed by atoms with van der Waals surface area (Å²) in [4.78, 5) is 21.8. The Bertz CT molecular complexity index is 318. The van der Waals surface area contributed by atoms with Gasteiger partial charge in [0.25, 0.3) is 0 Å². The van der Waals surface area contributed by atoms with E-state index in [2.05, 4.69) is 11.4 Å². The minimum Gasteiger partial charge on any atom is -0.445 e. The van der Waals surface area contributed by atoms with E-state index in [0.29, 0.717) is 19.6 Å². The Morgan fingerprint density at radius 3 is 2.94 bits per heavy atom. The van der Waals surface area contributed by atoms with Gasteiger partial charge in [0.2, 0.25) is 0 Å². The largest absolute Gasteiger partial charge is 0.445 e. The van der Waals surface area contributed by atoms with Crippen molar-refractivity contribution in [3.05, 3.63) is 23.8 Å². The van der Waals surface area contributed by atoms with Gasteiger partial charge in [-0.2, -0.15) is 0 Å². The first-order chi connectivity index (χ1) is 7.68. The second-order valence-electron chi connectivity index (χ2n) is 3.75. The Labute approximate surface area is 95.4 Å². The second-order valence-corrected chi connectivity index (χ2v) is 3.75. The number of rotatable bonds is 5. The third kappa shape index (κ3) is 5.34. The van der Waals surface area contributed by atoms with Gasteiger partial charge < -0.3 is 10.1 Å². The fourth-order valence-corrected chi connectivity index (χ4v) is 1.32. The monoisotopic (exact) mass is 223 g/mol. The van der Waals surface area contributed by atoms with Crippen LogP contribution in [0.1, 0.15) is 26.2 Å². The minimum atomic E-state index is -0.461. The van der Waals surface area contributed by atoms with Gasteiger partial charge in [0.1, 0.15) is 12.4 Å². The number of alkyl carbamates (subject to hydrolysis) is 1. The van der Waals surface area contributed by atoms with Gasteiger partial charge in [-0.25, -0.2) is 4.79 Å². The third-order valence-corrected chi connectivity index (χ3v) is 2.24. The average Bonchev–Trinajstić information content (AvgIpc) is 2.27. The van der Waals surface area contributed by atoms with E-state index in [9.17, 15) is 9.59 Å². The molecule has 0 saturated carbocycles. The van der Waals surface area contributed by atoms with Crippen LogP contribution in [0, 0.1) is 0 Å². The zero-order valence-corrected chi connectivity index (χ0v) is 9.49. The van der Waals surface area contributed by atoms with Crippen molar-refractivity contribution in [2.75, 3.05) is 13.2 Å². The quantitative estimate of drug-likeness (QED) is 0.775. The maximum Gasteiger partial charge on any atom is 0.407 e. The normalized spacial score (nSPS) is 14.2. The van der Waals surface area contributed by atoms with Crippen LogP contribution in [0.3, 0.4) is 0 Å². The molecule has 88 valence electrons. The van der Waals surface area contributed by atoms with Crippen molar-refractivity contribution in [2.24, 2.45) is 0 Å². The van der Waals surface area contributed by atoms with Crippen LogP contribution >= 0.6 is 0 Å². The van der Waals surface area contributed by atoms with E-state index in [-0.39, 0.29) is 5.78 Å². The molecule has 0 atom stereocenters. The molecule has 0 bridgehead atoms. The van der Waals surface area contributed by atoms with Gasteiger partial charge >= 0.3 is 6.09 Å². The number of ketones is 1. The maximum atomic E-state index is 11.2. The lowest BCUT2D eigenvalue weighted by atomic mass is 10.1. The average molecular weight is 223 g/mol. The van der Waals surface area contributed by atoms with Crippen molar-refractivity contribution in [1.29, 1.82) is 0 Å². The van der Waals surface area contributed by atoms with E-state index in [1.54, 1.807) is 0 Å². The Morgan fingerprint density at radius 2 is 2.31 bits per heavy atom. The summed E-state index contributed by atoms with van der Waals surface area (Å²) in [5.41, 5.74) is 1.12. The summed E-state index contributed by atoms with van der Waals surface area (Å²) in [6.07, 6.45) is 7.84. The van der Waals surface area contributed by atoms with Crippen molar-refractivity contribution in [3.63, 3.8) is 0 Å². The lowest BCUT2D eigenvalue weighted by molar-refractivity contribution is -0.116. The molecule has 1 N–H and O–H groups in total. The number of carbonyl (C=O) groups is 2. The summed E-state index contributed by atoms with van der Waals surface area (Å²) in [5.74, 6) is 0.0560. The van der Waals surface area contributed by atoms with Crippen molar-refractivity contribution >= 4 is 11.9 Å². The van der Waals surface area contributed by atoms with Gasteiger partial charge in [-0.3, -0.25) is 4.79 Å². The van der Waals surface area contributed by atoms with Gasteiger partial charge in [0, 0.05) is 13.0 Å². The maximum absolute atomic E-state index is 11.2. The molecule has 0 saturated heterocycles. The number of amides is 1. The van der Waals surface area contributed by atoms with Gasteiger partial charge in [0.15, 0.2) is 0 Å². The highest BCUT2D eigenvalue weighted by Gasteiger charge is 2.05. The summed E-state index contributed by atoms with van der Waals surface area (Å²) in [6, 6.07) is 0. The first-order valence-corrected chi connectivity index (χ1v) is 5.43. The fraction of sp³-hybridized carbons (Fsp3) is 0.500. The Kier molecular flexibility index (Phi) is 5.32. The molecule has 0 fully saturated rings. The standard InChI is InChI=1S/C12H17NO3/c1-10(14)7-8-13-12(15)16-9-11-5-3-2-4-6-11/h2-3,5H,4,6-9H2,1H3,(H,13,15). The predicted molar refractivity (Wildman–Crippen MR) is 61.1 cm³/mol. The van der Waals surface area contributed by atoms with Gasteiger partial charge in [-0.1, -0.05) is 18.2 Å². The number of allylic oxidation sites excluding steroid dienone is 3. The smallest absolute Gasteiger partial charge is 0.407 e. The Morgan fingerprint density at radius 1 is 1.50 bits per heavy atom. The number of carbonyl (C=O) groups excluding carboxylic acids is 2. The molecule has 0 spiro atoms. The summed E-state index contributed by atoms with van der Waals surface area (Å²) < 4.78 is 5.00. The molecule has 0 radical (unpaired) electrons. The van der Waals surface area contributed by atoms with Crippen molar-refractivity contribution in [3.8, 4) is 0 Å². The van der Waals surface area contributed by atoms with Gasteiger partial charge in [0.05, 0.1) is 0 Å². The molecule has 0 aromatic carbocycles. The van der Waals surface area contributed by atoms with Gasteiger partial charge in [-0.15, -0.1) is 0 Å². The summed E-state index contributed by atoms with van der Waals surface area (Å²) in [5, 5.41) is 2.53. The first kappa shape index (κ1) is 12.5. The predicted octanol–water partition coefficient (Wildman–Crippen LogP) is 1.97. The molecule has 1 rings (SSSR count). The molecule has 0 heterocycles. The summed E-state index contributed by atoms with van der Waals surface area (Å²) in [7, 11) is 0. The van der Waals surface area contributed by atoms with E-state index in [4.69, 9.17) is 4.74 Å². The number of Topliss-reactive ketones (excluding diaryl/α,β-unsaturated/α-hetero) is 1. The van der Waals surface area contributed by atoms with Crippen molar-refractivity contribution in [1.82, 2.24) is 5.32 Å². The topological polar surface area (TPSA) is 55.4 Å². The van der Waals surface area contributed by atoms with Gasteiger partial charge in [-0.05, 0) is 25.3 Å². The van der Waals surface area contributed by atoms with E-state index in [1.807, 2.05) is 12.2 Å². The molecule has 1 amide bonds. The van der Waals surface area contributed by atoms with E-state index in [0.717, 1.165) is 18.4 Å². The summed E-state index contributed by atoms with van der Waals surface area (Å²) >= 11 is 0. The molecule has 0 aliphatic heterocycles. The third-order valence-electron chi connectivity index (χ3n) is 2.24. The molecule has 0 unspecified atom stereocenters. The van der Waals surface area contributed by atoms with Crippen LogP contribution in [0.15, 0.2) is 23.8 Å². The van der Waals surface area contributed by atoms with Crippen LogP contribution in [-0.2, 0) is 9.53 Å². The number of ether oxygens (including phenoxy) is 1. The SMILES string of the molecule is CC(=O)CCNC(=O)OCC1=CC=CCC1. The molecular formula is C12H17NO3. The van der Waals surface area contributed by atoms with E-state index in [1.165, 1.54) is 6.92 Å². The van der Waals surface area contributed by atoms with Crippen molar-refractivity contribution < 1.29 is 14.3 Å².